The number of thioether (sulfide) groups is 1. The second-order valence-corrected chi connectivity index (χ2v) is 11.1. The second-order valence-electron chi connectivity index (χ2n) is 10.1. The van der Waals surface area contributed by atoms with Gasteiger partial charge in [-0.2, -0.15) is 4.99 Å². The van der Waals surface area contributed by atoms with Crippen molar-refractivity contribution in [3.05, 3.63) is 95.9 Å². The quantitative estimate of drug-likeness (QED) is 0.220. The summed E-state index contributed by atoms with van der Waals surface area (Å²) in [5.74, 6) is 0.133. The van der Waals surface area contributed by atoms with E-state index >= 15 is 0 Å². The number of amidine groups is 1. The van der Waals surface area contributed by atoms with Crippen LogP contribution in [0, 0.1) is 13.8 Å². The predicted molar refractivity (Wildman–Crippen MR) is 163 cm³/mol. The van der Waals surface area contributed by atoms with E-state index in [0.717, 1.165) is 35.2 Å². The van der Waals surface area contributed by atoms with Crippen molar-refractivity contribution in [2.24, 2.45) is 4.99 Å². The van der Waals surface area contributed by atoms with Crippen LogP contribution >= 0.6 is 11.8 Å². The highest BCUT2D eigenvalue weighted by molar-refractivity contribution is 8.14. The molecular weight excluding hydrogens is 596 g/mol. The number of rotatable bonds is 6. The van der Waals surface area contributed by atoms with Crippen LogP contribution in [0.3, 0.4) is 0 Å². The molecule has 8 nitrogen and oxygen atoms in total. The molecule has 2 amide bonds. The first-order valence-corrected chi connectivity index (χ1v) is 14.6. The molecule has 0 saturated carbocycles. The fraction of sp³-hybridized carbons (Fsp3) is 0.226. The normalized spacial score (nSPS) is 16.7. The summed E-state index contributed by atoms with van der Waals surface area (Å²) in [4.78, 5) is 23.3. The minimum atomic E-state index is -4.78. The number of carbonyl (C=O) groups is 1. The van der Waals surface area contributed by atoms with Crippen LogP contribution in [0.25, 0.3) is 22.9 Å². The lowest BCUT2D eigenvalue weighted by Gasteiger charge is -2.37. The van der Waals surface area contributed by atoms with Crippen molar-refractivity contribution < 1.29 is 27.1 Å². The average molecular weight is 625 g/mol. The molecule has 5 rings (SSSR count). The molecule has 4 aromatic rings. The third kappa shape index (κ3) is 7.28. The smallest absolute Gasteiger partial charge is 0.406 e. The molecule has 0 bridgehead atoms. The number of nitrogens with zero attached hydrogens (tertiary/aromatic N) is 5. The number of anilines is 1. The number of nitrogens with one attached hydrogen (secondary N) is 1. The Morgan fingerprint density at radius 2 is 1.75 bits per heavy atom. The lowest BCUT2D eigenvalue weighted by atomic mass is 10.1. The zero-order valence-corrected chi connectivity index (χ0v) is 24.8. The van der Waals surface area contributed by atoms with Gasteiger partial charge in [0.1, 0.15) is 17.9 Å². The maximum absolute atomic E-state index is 14.9. The molecule has 228 valence electrons. The number of amides is 2. The Balaban J connectivity index is 1.25. The van der Waals surface area contributed by atoms with E-state index in [-0.39, 0.29) is 17.4 Å². The Hall–Kier alpha value is -4.65. The highest BCUT2D eigenvalue weighted by Crippen LogP contribution is 2.34. The first-order valence-electron chi connectivity index (χ1n) is 13.6. The molecule has 0 radical (unpaired) electrons. The number of halogens is 4. The van der Waals surface area contributed by atoms with Gasteiger partial charge < -0.3 is 15.0 Å². The number of aryl methyl sites for hydroxylation is 2. The highest BCUT2D eigenvalue weighted by atomic mass is 32.2. The van der Waals surface area contributed by atoms with Gasteiger partial charge in [0.2, 0.25) is 0 Å². The number of aliphatic imine (C=N–C) groups is 1. The van der Waals surface area contributed by atoms with Crippen molar-refractivity contribution in [2.45, 2.75) is 39.6 Å². The summed E-state index contributed by atoms with van der Waals surface area (Å²) < 4.78 is 57.4. The number of para-hydroxylation sites is 1. The molecular formula is C31H28F4N6O2S. The standard InChI is InChI=1S/C31H28F4N6O2S/c1-19-5-4-6-20(2)27(19)41-21(3)15-16-44-30(41)38-29(42)36-17-26(32)22-7-9-23(10-8-22)28-37-18-40(39-28)24-11-13-25(14-12-24)43-31(33,34)35/h4-14,17-18,21H,15-16H2,1-3H3,(H,36,42)/b26-17-,38-30-. The number of alkyl halides is 3. The fourth-order valence-electron chi connectivity index (χ4n) is 4.72. The van der Waals surface area contributed by atoms with E-state index in [4.69, 9.17) is 0 Å². The van der Waals surface area contributed by atoms with Crippen molar-refractivity contribution in [3.8, 4) is 22.8 Å². The lowest BCUT2D eigenvalue weighted by Crippen LogP contribution is -2.42. The summed E-state index contributed by atoms with van der Waals surface area (Å²) >= 11 is 1.49. The molecule has 2 heterocycles. The molecule has 1 aliphatic rings. The fourth-order valence-corrected chi connectivity index (χ4v) is 5.92. The topological polar surface area (TPSA) is 84.6 Å². The predicted octanol–water partition coefficient (Wildman–Crippen LogP) is 7.82. The van der Waals surface area contributed by atoms with E-state index in [1.54, 1.807) is 12.1 Å². The minimum Gasteiger partial charge on any atom is -0.406 e. The van der Waals surface area contributed by atoms with Gasteiger partial charge in [-0.25, -0.2) is 18.9 Å². The lowest BCUT2D eigenvalue weighted by molar-refractivity contribution is -0.274. The molecule has 0 aliphatic carbocycles. The number of urea groups is 1. The van der Waals surface area contributed by atoms with Gasteiger partial charge in [0, 0.05) is 34.8 Å². The van der Waals surface area contributed by atoms with E-state index in [2.05, 4.69) is 37.0 Å². The molecule has 1 aliphatic heterocycles. The second kappa shape index (κ2) is 12.9. The molecule has 1 fully saturated rings. The number of benzene rings is 3. The van der Waals surface area contributed by atoms with Crippen LogP contribution in [0.15, 0.2) is 84.2 Å². The van der Waals surface area contributed by atoms with Gasteiger partial charge in [-0.05, 0) is 62.6 Å². The zero-order valence-electron chi connectivity index (χ0n) is 24.0. The first-order chi connectivity index (χ1) is 21.0. The summed E-state index contributed by atoms with van der Waals surface area (Å²) in [6, 6.07) is 17.0. The molecule has 1 atom stereocenters. The maximum Gasteiger partial charge on any atom is 0.573 e. The van der Waals surface area contributed by atoms with Crippen molar-refractivity contribution in [1.29, 1.82) is 0 Å². The average Bonchev–Trinajstić information content (AvgIpc) is 3.47. The SMILES string of the molecule is Cc1cccc(C)c1N1/C(=N/C(=O)N/C=C(\F)c2ccc(-c3ncn(-c4ccc(OC(F)(F)F)cc4)n3)cc2)SCCC1C. The zero-order chi connectivity index (χ0) is 31.4. The number of ether oxygens (including phenoxy) is 1. The van der Waals surface area contributed by atoms with Gasteiger partial charge >= 0.3 is 12.4 Å². The molecule has 0 spiro atoms. The van der Waals surface area contributed by atoms with Crippen LogP contribution in [0.1, 0.15) is 30.0 Å². The number of hydrogen-bond donors (Lipinski definition) is 1. The van der Waals surface area contributed by atoms with E-state index in [9.17, 15) is 22.4 Å². The largest absolute Gasteiger partial charge is 0.573 e. The van der Waals surface area contributed by atoms with Crippen LogP contribution in [0.4, 0.5) is 28.0 Å². The Labute approximate surface area is 255 Å². The van der Waals surface area contributed by atoms with Gasteiger partial charge in [-0.3, -0.25) is 0 Å². The molecule has 1 saturated heterocycles. The summed E-state index contributed by atoms with van der Waals surface area (Å²) in [6.07, 6.45) is -1.46. The van der Waals surface area contributed by atoms with Crippen molar-refractivity contribution in [2.75, 3.05) is 10.7 Å². The third-order valence-electron chi connectivity index (χ3n) is 6.86. The third-order valence-corrected chi connectivity index (χ3v) is 7.85. The van der Waals surface area contributed by atoms with E-state index < -0.39 is 18.2 Å². The molecule has 13 heteroatoms. The Morgan fingerprint density at radius 1 is 1.07 bits per heavy atom. The van der Waals surface area contributed by atoms with Gasteiger partial charge in [-0.1, -0.05) is 54.2 Å². The van der Waals surface area contributed by atoms with Gasteiger partial charge in [0.15, 0.2) is 11.0 Å². The Bertz CT molecular complexity index is 1680. The van der Waals surface area contributed by atoms with E-state index in [0.29, 0.717) is 22.2 Å². The van der Waals surface area contributed by atoms with Crippen LogP contribution < -0.4 is 15.0 Å². The molecule has 1 unspecified atom stereocenters. The van der Waals surface area contributed by atoms with E-state index in [1.807, 2.05) is 32.0 Å². The molecule has 3 aromatic carbocycles. The summed E-state index contributed by atoms with van der Waals surface area (Å²) in [7, 11) is 0. The molecule has 44 heavy (non-hydrogen) atoms. The summed E-state index contributed by atoms with van der Waals surface area (Å²) in [6.45, 7) is 6.14. The number of hydrogen-bond acceptors (Lipinski definition) is 5. The highest BCUT2D eigenvalue weighted by Gasteiger charge is 2.31. The van der Waals surface area contributed by atoms with Gasteiger partial charge in [0.25, 0.3) is 0 Å². The van der Waals surface area contributed by atoms with Crippen molar-refractivity contribution in [3.63, 3.8) is 0 Å². The summed E-state index contributed by atoms with van der Waals surface area (Å²) in [5.41, 5.74) is 4.46. The Morgan fingerprint density at radius 3 is 2.41 bits per heavy atom. The number of aromatic nitrogens is 3. The Kier molecular flexibility index (Phi) is 9.04. The first kappa shape index (κ1) is 30.8. The minimum absolute atomic E-state index is 0.146. The van der Waals surface area contributed by atoms with Gasteiger partial charge in [-0.15, -0.1) is 18.3 Å². The van der Waals surface area contributed by atoms with Crippen LogP contribution in [0.2, 0.25) is 0 Å². The number of carbonyl (C=O) groups excluding carboxylic acids is 1. The van der Waals surface area contributed by atoms with E-state index in [1.165, 1.54) is 59.2 Å². The van der Waals surface area contributed by atoms with Gasteiger partial charge in [0.05, 0.1) is 5.69 Å². The van der Waals surface area contributed by atoms with Crippen LogP contribution in [-0.2, 0) is 0 Å². The maximum atomic E-state index is 14.9. The van der Waals surface area contributed by atoms with Crippen molar-refractivity contribution in [1.82, 2.24) is 20.1 Å². The molecule has 1 N–H and O–H groups in total. The monoisotopic (exact) mass is 624 g/mol. The van der Waals surface area contributed by atoms with Crippen molar-refractivity contribution >= 4 is 34.5 Å². The van der Waals surface area contributed by atoms with Crippen LogP contribution in [-0.4, -0.2) is 44.1 Å². The molecule has 1 aromatic heterocycles. The summed E-state index contributed by atoms with van der Waals surface area (Å²) in [5, 5.41) is 7.33. The van der Waals surface area contributed by atoms with Crippen LogP contribution in [0.5, 0.6) is 5.75 Å².